The van der Waals surface area contributed by atoms with E-state index in [1.807, 2.05) is 0 Å². The predicted octanol–water partition coefficient (Wildman–Crippen LogP) is 4.74. The lowest BCUT2D eigenvalue weighted by atomic mass is 9.53. The Morgan fingerprint density at radius 2 is 1.65 bits per heavy atom. The summed E-state index contributed by atoms with van der Waals surface area (Å²) < 4.78 is 0. The molecule has 4 saturated carbocycles. The third-order valence-corrected chi connectivity index (χ3v) is 7.83. The number of hydrogen-bond donors (Lipinski definition) is 0. The Morgan fingerprint density at radius 1 is 0.882 bits per heavy atom. The second-order valence-corrected chi connectivity index (χ2v) is 8.81. The summed E-state index contributed by atoms with van der Waals surface area (Å²) in [4.78, 5) is 0. The van der Waals surface area contributed by atoms with Gasteiger partial charge in [-0.05, 0) is 78.4 Å². The summed E-state index contributed by atoms with van der Waals surface area (Å²) in [5.74, 6) is 6.39. The Morgan fingerprint density at radius 3 is 2.18 bits per heavy atom. The van der Waals surface area contributed by atoms with Gasteiger partial charge in [0.25, 0.3) is 0 Å². The van der Waals surface area contributed by atoms with Crippen LogP contribution in [0.15, 0.2) is 0 Å². The van der Waals surface area contributed by atoms with Crippen LogP contribution >= 0.6 is 0 Å². The van der Waals surface area contributed by atoms with Gasteiger partial charge in [0.1, 0.15) is 0 Å². The normalized spacial score (nSPS) is 62.8. The summed E-state index contributed by atoms with van der Waals surface area (Å²) in [5, 5.41) is 0. The van der Waals surface area contributed by atoms with E-state index in [1.54, 1.807) is 25.7 Å². The van der Waals surface area contributed by atoms with Crippen molar-refractivity contribution in [1.82, 2.24) is 0 Å². The van der Waals surface area contributed by atoms with Crippen molar-refractivity contribution in [3.05, 3.63) is 0 Å². The molecule has 7 unspecified atom stereocenters. The molecule has 4 fully saturated rings. The van der Waals surface area contributed by atoms with Gasteiger partial charge in [0.2, 0.25) is 0 Å². The topological polar surface area (TPSA) is 0 Å². The monoisotopic (exact) mass is 232 g/mol. The lowest BCUT2D eigenvalue weighted by Gasteiger charge is -2.51. The van der Waals surface area contributed by atoms with Crippen molar-refractivity contribution in [3.8, 4) is 0 Å². The second-order valence-electron chi connectivity index (χ2n) is 8.81. The molecular weight excluding hydrogens is 204 g/mol. The van der Waals surface area contributed by atoms with E-state index in [2.05, 4.69) is 27.7 Å². The van der Waals surface area contributed by atoms with Gasteiger partial charge in [0, 0.05) is 0 Å². The maximum atomic E-state index is 2.57. The van der Waals surface area contributed by atoms with Crippen molar-refractivity contribution in [2.45, 2.75) is 59.8 Å². The molecule has 0 aromatic rings. The first kappa shape index (κ1) is 10.9. The van der Waals surface area contributed by atoms with Gasteiger partial charge in [-0.2, -0.15) is 0 Å². The van der Waals surface area contributed by atoms with Crippen LogP contribution in [0, 0.1) is 46.3 Å². The second kappa shape index (κ2) is 2.94. The number of fused-ring (bicyclic) bond motifs is 6. The minimum absolute atomic E-state index is 0.663. The van der Waals surface area contributed by atoms with Crippen LogP contribution in [0.1, 0.15) is 59.8 Å². The van der Waals surface area contributed by atoms with Crippen molar-refractivity contribution < 1.29 is 0 Å². The minimum Gasteiger partial charge on any atom is -0.0620 e. The fourth-order valence-corrected chi connectivity index (χ4v) is 7.32. The number of hydrogen-bond acceptors (Lipinski definition) is 0. The van der Waals surface area contributed by atoms with Crippen LogP contribution in [-0.2, 0) is 0 Å². The molecule has 0 nitrogen and oxygen atoms in total. The first-order chi connectivity index (χ1) is 7.94. The van der Waals surface area contributed by atoms with Crippen LogP contribution in [0.3, 0.4) is 0 Å². The van der Waals surface area contributed by atoms with Crippen molar-refractivity contribution >= 4 is 0 Å². The highest BCUT2D eigenvalue weighted by molar-refractivity contribution is 5.16. The first-order valence-electron chi connectivity index (χ1n) is 7.94. The summed E-state index contributed by atoms with van der Waals surface area (Å²) in [6.07, 6.45) is 7.91. The average molecular weight is 232 g/mol. The molecule has 0 aromatic carbocycles. The Bertz CT molecular complexity index is 353. The molecule has 17 heavy (non-hydrogen) atoms. The van der Waals surface area contributed by atoms with Crippen molar-refractivity contribution in [3.63, 3.8) is 0 Å². The zero-order valence-corrected chi connectivity index (χ0v) is 12.0. The zero-order chi connectivity index (χ0) is 12.0. The molecule has 4 aliphatic rings. The van der Waals surface area contributed by atoms with E-state index in [-0.39, 0.29) is 0 Å². The van der Waals surface area contributed by atoms with Gasteiger partial charge in [-0.15, -0.1) is 0 Å². The Kier molecular flexibility index (Phi) is 1.88. The smallest absolute Gasteiger partial charge is 0.0228 e. The van der Waals surface area contributed by atoms with Gasteiger partial charge in [0.05, 0.1) is 0 Å². The van der Waals surface area contributed by atoms with Crippen molar-refractivity contribution in [1.29, 1.82) is 0 Å². The van der Waals surface area contributed by atoms with E-state index in [1.165, 1.54) is 6.42 Å². The molecule has 7 atom stereocenters. The fraction of sp³-hybridized carbons (Fsp3) is 1.00. The summed E-state index contributed by atoms with van der Waals surface area (Å²) >= 11 is 0. The highest BCUT2D eigenvalue weighted by Gasteiger charge is 2.67. The molecule has 1 spiro atoms. The highest BCUT2D eigenvalue weighted by atomic mass is 14.7. The predicted molar refractivity (Wildman–Crippen MR) is 71.6 cm³/mol. The van der Waals surface area contributed by atoms with E-state index >= 15 is 0 Å². The molecule has 96 valence electrons. The van der Waals surface area contributed by atoms with Crippen LogP contribution in [0.25, 0.3) is 0 Å². The third-order valence-electron chi connectivity index (χ3n) is 7.83. The largest absolute Gasteiger partial charge is 0.0620 e. The Balaban J connectivity index is 1.72. The zero-order valence-electron chi connectivity index (χ0n) is 12.0. The summed E-state index contributed by atoms with van der Waals surface area (Å²) in [5.41, 5.74) is 1.47. The molecule has 4 aliphatic carbocycles. The molecule has 0 amide bonds. The van der Waals surface area contributed by atoms with Crippen molar-refractivity contribution in [2.75, 3.05) is 0 Å². The van der Waals surface area contributed by atoms with E-state index in [0.29, 0.717) is 5.41 Å². The summed E-state index contributed by atoms with van der Waals surface area (Å²) in [6, 6.07) is 0. The van der Waals surface area contributed by atoms with Crippen LogP contribution in [-0.4, -0.2) is 0 Å². The Hall–Kier alpha value is 0. The average Bonchev–Trinajstić information content (AvgIpc) is 2.90. The molecule has 0 heterocycles. The van der Waals surface area contributed by atoms with Crippen LogP contribution < -0.4 is 0 Å². The first-order valence-corrected chi connectivity index (χ1v) is 7.94. The maximum absolute atomic E-state index is 2.57. The van der Waals surface area contributed by atoms with Crippen LogP contribution in [0.4, 0.5) is 0 Å². The van der Waals surface area contributed by atoms with Gasteiger partial charge < -0.3 is 0 Å². The molecule has 4 rings (SSSR count). The van der Waals surface area contributed by atoms with E-state index in [0.717, 1.165) is 40.9 Å². The Labute approximate surface area is 107 Å². The quantitative estimate of drug-likeness (QED) is 0.566. The molecule has 0 aliphatic heterocycles. The minimum atomic E-state index is 0.663. The maximum Gasteiger partial charge on any atom is -0.0228 e. The van der Waals surface area contributed by atoms with E-state index in [4.69, 9.17) is 0 Å². The fourth-order valence-electron chi connectivity index (χ4n) is 7.32. The van der Waals surface area contributed by atoms with Crippen molar-refractivity contribution in [2.24, 2.45) is 46.3 Å². The van der Waals surface area contributed by atoms with Gasteiger partial charge in [0.15, 0.2) is 0 Å². The molecule has 0 N–H and O–H groups in total. The SMILES string of the molecule is CC1C2CC(C1C)C1(CC3CC1C(C)(C)C3)C2. The molecule has 4 bridgehead atoms. The lowest BCUT2D eigenvalue weighted by molar-refractivity contribution is -0.0284. The van der Waals surface area contributed by atoms with Crippen LogP contribution in [0.5, 0.6) is 0 Å². The van der Waals surface area contributed by atoms with E-state index < -0.39 is 0 Å². The van der Waals surface area contributed by atoms with Gasteiger partial charge in [-0.1, -0.05) is 27.7 Å². The van der Waals surface area contributed by atoms with Crippen LogP contribution in [0.2, 0.25) is 0 Å². The molecular formula is C17H28. The standard InChI is InChI=1S/C17H28/c1-10-11(2)14-6-13(10)9-17(14)8-12-5-15(17)16(3,4)7-12/h10-15H,5-9H2,1-4H3. The molecule has 0 saturated heterocycles. The molecule has 0 aromatic heterocycles. The lowest BCUT2D eigenvalue weighted by Crippen LogP contribution is -2.44. The highest BCUT2D eigenvalue weighted by Crippen LogP contribution is 2.75. The number of rotatable bonds is 0. The third kappa shape index (κ3) is 1.12. The molecule has 0 radical (unpaired) electrons. The summed E-state index contributed by atoms with van der Waals surface area (Å²) in [7, 11) is 0. The van der Waals surface area contributed by atoms with Gasteiger partial charge >= 0.3 is 0 Å². The van der Waals surface area contributed by atoms with Gasteiger partial charge in [-0.25, -0.2) is 0 Å². The molecule has 0 heteroatoms. The van der Waals surface area contributed by atoms with E-state index in [9.17, 15) is 0 Å². The van der Waals surface area contributed by atoms with Gasteiger partial charge in [-0.3, -0.25) is 0 Å². The summed E-state index contributed by atoms with van der Waals surface area (Å²) in [6.45, 7) is 10.2.